The van der Waals surface area contributed by atoms with E-state index < -0.39 is 12.5 Å². The molecule has 0 unspecified atom stereocenters. The van der Waals surface area contributed by atoms with Crippen LogP contribution in [0.25, 0.3) is 0 Å². The molecule has 0 N–H and O–H groups in total. The van der Waals surface area contributed by atoms with Crippen LogP contribution in [0.5, 0.6) is 0 Å². The molecule has 0 atom stereocenters. The van der Waals surface area contributed by atoms with E-state index in [9.17, 15) is 18.0 Å². The third-order valence-corrected chi connectivity index (χ3v) is 2.21. The minimum atomic E-state index is -4.54. The van der Waals surface area contributed by atoms with Gasteiger partial charge in [0, 0.05) is 5.92 Å². The molecule has 5 heteroatoms. The lowest BCUT2D eigenvalue weighted by molar-refractivity contribution is -0.345. The highest BCUT2D eigenvalue weighted by Gasteiger charge is 2.35. The van der Waals surface area contributed by atoms with Gasteiger partial charge < -0.3 is 4.79 Å². The summed E-state index contributed by atoms with van der Waals surface area (Å²) >= 11 is 0. The van der Waals surface area contributed by atoms with Crippen molar-refractivity contribution in [3.8, 4) is 0 Å². The monoisotopic (exact) mass is 196 g/mol. The molecule has 0 spiro atoms. The Balaban J connectivity index is 2.29. The standard InChI is InChI=1S/C8H11F3O2/c9-8(10,11)13-7-3-1-6(5-12)2-4-7/h5-7H,1-4H2. The van der Waals surface area contributed by atoms with Crippen LogP contribution in [0, 0.1) is 5.92 Å². The summed E-state index contributed by atoms with van der Waals surface area (Å²) in [6.07, 6.45) is -2.83. The first-order valence-corrected chi connectivity index (χ1v) is 4.21. The highest BCUT2D eigenvalue weighted by atomic mass is 19.4. The minimum Gasteiger partial charge on any atom is -0.303 e. The van der Waals surface area contributed by atoms with Gasteiger partial charge in [-0.25, -0.2) is 0 Å². The molecule has 1 fully saturated rings. The van der Waals surface area contributed by atoms with Crippen molar-refractivity contribution in [2.75, 3.05) is 0 Å². The van der Waals surface area contributed by atoms with Crippen molar-refractivity contribution >= 4 is 6.29 Å². The first-order chi connectivity index (χ1) is 6.01. The Kier molecular flexibility index (Phi) is 3.30. The number of hydrogen-bond donors (Lipinski definition) is 0. The van der Waals surface area contributed by atoms with Crippen molar-refractivity contribution < 1.29 is 22.7 Å². The van der Waals surface area contributed by atoms with Crippen LogP contribution in [0.1, 0.15) is 25.7 Å². The van der Waals surface area contributed by atoms with Gasteiger partial charge >= 0.3 is 6.36 Å². The number of ether oxygens (including phenoxy) is 1. The van der Waals surface area contributed by atoms with Gasteiger partial charge in [-0.05, 0) is 25.7 Å². The zero-order valence-electron chi connectivity index (χ0n) is 7.01. The minimum absolute atomic E-state index is 0.0758. The van der Waals surface area contributed by atoms with Crippen LogP contribution < -0.4 is 0 Å². The maximum absolute atomic E-state index is 11.7. The largest absolute Gasteiger partial charge is 0.522 e. The molecule has 1 aliphatic carbocycles. The molecule has 0 aromatic heterocycles. The fraction of sp³-hybridized carbons (Fsp3) is 0.875. The number of hydrogen-bond acceptors (Lipinski definition) is 2. The SMILES string of the molecule is O=CC1CCC(OC(F)(F)F)CC1. The summed E-state index contributed by atoms with van der Waals surface area (Å²) in [4.78, 5) is 10.3. The smallest absolute Gasteiger partial charge is 0.303 e. The second-order valence-electron chi connectivity index (χ2n) is 3.24. The van der Waals surface area contributed by atoms with Crippen LogP contribution in [0.4, 0.5) is 13.2 Å². The molecular formula is C8H11F3O2. The van der Waals surface area contributed by atoms with Gasteiger partial charge in [0.05, 0.1) is 6.10 Å². The highest BCUT2D eigenvalue weighted by Crippen LogP contribution is 2.29. The van der Waals surface area contributed by atoms with Gasteiger partial charge in [-0.2, -0.15) is 0 Å². The molecule has 0 aliphatic heterocycles. The molecule has 0 aromatic rings. The number of carbonyl (C=O) groups excluding carboxylic acids is 1. The van der Waals surface area contributed by atoms with Crippen molar-refractivity contribution in [1.29, 1.82) is 0 Å². The van der Waals surface area contributed by atoms with E-state index in [1.165, 1.54) is 0 Å². The van der Waals surface area contributed by atoms with E-state index in [0.29, 0.717) is 25.7 Å². The van der Waals surface area contributed by atoms with Crippen LogP contribution in [0.2, 0.25) is 0 Å². The summed E-state index contributed by atoms with van der Waals surface area (Å²) in [6, 6.07) is 0. The van der Waals surface area contributed by atoms with Crippen molar-refractivity contribution in [3.63, 3.8) is 0 Å². The lowest BCUT2D eigenvalue weighted by Crippen LogP contribution is -2.28. The Morgan fingerprint density at radius 2 is 1.69 bits per heavy atom. The van der Waals surface area contributed by atoms with E-state index in [1.54, 1.807) is 0 Å². The van der Waals surface area contributed by atoms with Gasteiger partial charge in [0.25, 0.3) is 0 Å². The molecule has 1 aliphatic rings. The number of halogens is 3. The summed E-state index contributed by atoms with van der Waals surface area (Å²) in [6.45, 7) is 0. The lowest BCUT2D eigenvalue weighted by Gasteiger charge is -2.25. The quantitative estimate of drug-likeness (QED) is 0.633. The average molecular weight is 196 g/mol. The molecule has 1 saturated carbocycles. The summed E-state index contributed by atoms with van der Waals surface area (Å²) in [7, 11) is 0. The van der Waals surface area contributed by atoms with Gasteiger partial charge in [-0.15, -0.1) is 13.2 Å². The van der Waals surface area contributed by atoms with Crippen molar-refractivity contribution in [2.24, 2.45) is 5.92 Å². The Morgan fingerprint density at radius 1 is 1.15 bits per heavy atom. The first kappa shape index (κ1) is 10.5. The van der Waals surface area contributed by atoms with Crippen LogP contribution in [0.3, 0.4) is 0 Å². The summed E-state index contributed by atoms with van der Waals surface area (Å²) in [5.41, 5.74) is 0. The Hall–Kier alpha value is -0.580. The number of aldehydes is 1. The molecule has 76 valence electrons. The normalized spacial score (nSPS) is 30.1. The zero-order chi connectivity index (χ0) is 9.90. The van der Waals surface area contributed by atoms with Crippen LogP contribution in [-0.4, -0.2) is 18.8 Å². The van der Waals surface area contributed by atoms with E-state index >= 15 is 0 Å². The fourth-order valence-electron chi connectivity index (χ4n) is 1.53. The predicted octanol–water partition coefficient (Wildman–Crippen LogP) is 2.28. The topological polar surface area (TPSA) is 26.3 Å². The second-order valence-corrected chi connectivity index (χ2v) is 3.24. The fourth-order valence-corrected chi connectivity index (χ4v) is 1.53. The summed E-state index contributed by atoms with van der Waals surface area (Å²) < 4.78 is 39.0. The number of rotatable bonds is 2. The predicted molar refractivity (Wildman–Crippen MR) is 39.0 cm³/mol. The molecule has 0 radical (unpaired) electrons. The van der Waals surface area contributed by atoms with E-state index in [1.807, 2.05) is 0 Å². The third kappa shape index (κ3) is 3.76. The zero-order valence-corrected chi connectivity index (χ0v) is 7.01. The molecule has 2 nitrogen and oxygen atoms in total. The molecular weight excluding hydrogens is 185 g/mol. The van der Waals surface area contributed by atoms with Gasteiger partial charge in [0.2, 0.25) is 0 Å². The van der Waals surface area contributed by atoms with Crippen LogP contribution in [0.15, 0.2) is 0 Å². The van der Waals surface area contributed by atoms with Gasteiger partial charge in [-0.3, -0.25) is 4.74 Å². The first-order valence-electron chi connectivity index (χ1n) is 4.21. The van der Waals surface area contributed by atoms with Gasteiger partial charge in [0.1, 0.15) is 6.29 Å². The van der Waals surface area contributed by atoms with Crippen LogP contribution in [-0.2, 0) is 9.53 Å². The second kappa shape index (κ2) is 4.09. The van der Waals surface area contributed by atoms with Crippen molar-refractivity contribution in [1.82, 2.24) is 0 Å². The van der Waals surface area contributed by atoms with E-state index in [0.717, 1.165) is 6.29 Å². The number of carbonyl (C=O) groups is 1. The Bertz CT molecular complexity index is 171. The van der Waals surface area contributed by atoms with Gasteiger partial charge in [0.15, 0.2) is 0 Å². The average Bonchev–Trinajstić information content (AvgIpc) is 2.03. The molecule has 13 heavy (non-hydrogen) atoms. The van der Waals surface area contributed by atoms with Crippen LogP contribution >= 0.6 is 0 Å². The maximum Gasteiger partial charge on any atom is 0.522 e. The molecule has 0 heterocycles. The third-order valence-electron chi connectivity index (χ3n) is 2.21. The summed E-state index contributed by atoms with van der Waals surface area (Å²) in [5, 5.41) is 0. The van der Waals surface area contributed by atoms with E-state index in [2.05, 4.69) is 4.74 Å². The molecule has 0 bridgehead atoms. The Morgan fingerprint density at radius 3 is 2.08 bits per heavy atom. The molecule has 0 saturated heterocycles. The number of alkyl halides is 3. The lowest BCUT2D eigenvalue weighted by atomic mass is 9.88. The summed E-state index contributed by atoms with van der Waals surface area (Å²) in [5.74, 6) is -0.0758. The molecule has 1 rings (SSSR count). The van der Waals surface area contributed by atoms with Gasteiger partial charge in [-0.1, -0.05) is 0 Å². The molecule has 0 aromatic carbocycles. The van der Waals surface area contributed by atoms with Crippen molar-refractivity contribution in [2.45, 2.75) is 38.1 Å². The maximum atomic E-state index is 11.7. The highest BCUT2D eigenvalue weighted by molar-refractivity contribution is 5.53. The van der Waals surface area contributed by atoms with E-state index in [-0.39, 0.29) is 5.92 Å². The Labute approximate surface area is 74.1 Å². The van der Waals surface area contributed by atoms with E-state index in [4.69, 9.17) is 0 Å². The van der Waals surface area contributed by atoms with Crippen molar-refractivity contribution in [3.05, 3.63) is 0 Å². The molecule has 0 amide bonds.